The molecule has 0 bridgehead atoms. The lowest BCUT2D eigenvalue weighted by atomic mass is 9.97. The number of carbonyl (C=O) groups is 2. The molecule has 2 saturated heterocycles. The van der Waals surface area contributed by atoms with E-state index in [0.29, 0.717) is 19.0 Å². The maximum atomic E-state index is 12.1. The molecule has 0 spiro atoms. The monoisotopic (exact) mass is 374 g/mol. The molecule has 8 nitrogen and oxygen atoms in total. The number of hydrogen-bond donors (Lipinski definition) is 2. The number of aryl methyl sites for hydroxylation is 1. The summed E-state index contributed by atoms with van der Waals surface area (Å²) in [4.78, 5) is 37.7. The van der Waals surface area contributed by atoms with Crippen molar-refractivity contribution in [2.75, 3.05) is 50.1 Å². The molecule has 0 aliphatic carbocycles. The quantitative estimate of drug-likeness (QED) is 0.807. The average molecular weight is 374 g/mol. The van der Waals surface area contributed by atoms with Gasteiger partial charge >= 0.3 is 0 Å². The third-order valence-corrected chi connectivity index (χ3v) is 5.59. The normalized spacial score (nSPS) is 23.1. The third-order valence-electron chi connectivity index (χ3n) is 5.59. The summed E-state index contributed by atoms with van der Waals surface area (Å²) in [6, 6.07) is 0. The first-order chi connectivity index (χ1) is 13.0. The topological polar surface area (TPSA) is 90.5 Å². The van der Waals surface area contributed by atoms with Gasteiger partial charge in [-0.3, -0.25) is 9.59 Å². The lowest BCUT2D eigenvalue weighted by Gasteiger charge is -2.35. The Bertz CT molecular complexity index is 695. The standard InChI is InChI=1S/C19H30N6O2/c1-13-10-22-19(25-9-5-7-15(12-25)18(27)21-3)23-16(13)24-8-4-6-14(11-24)17(26)20-2/h10,14-15H,4-9,11-12H2,1-3H3,(H,20,26)(H,21,27). The lowest BCUT2D eigenvalue weighted by molar-refractivity contribution is -0.125. The van der Waals surface area contributed by atoms with Crippen LogP contribution in [0.15, 0.2) is 6.20 Å². The van der Waals surface area contributed by atoms with Gasteiger partial charge in [0, 0.05) is 52.0 Å². The average Bonchev–Trinajstić information content (AvgIpc) is 2.73. The first kappa shape index (κ1) is 19.4. The molecule has 8 heteroatoms. The van der Waals surface area contributed by atoms with Crippen molar-refractivity contribution in [2.24, 2.45) is 11.8 Å². The summed E-state index contributed by atoms with van der Waals surface area (Å²) >= 11 is 0. The molecule has 2 atom stereocenters. The van der Waals surface area contributed by atoms with E-state index < -0.39 is 0 Å². The van der Waals surface area contributed by atoms with E-state index in [-0.39, 0.29) is 23.7 Å². The van der Waals surface area contributed by atoms with Crippen molar-refractivity contribution in [1.29, 1.82) is 0 Å². The van der Waals surface area contributed by atoms with E-state index in [9.17, 15) is 9.59 Å². The summed E-state index contributed by atoms with van der Waals surface area (Å²) < 4.78 is 0. The minimum absolute atomic E-state index is 0.00539. The van der Waals surface area contributed by atoms with Crippen molar-refractivity contribution in [1.82, 2.24) is 20.6 Å². The second-order valence-electron chi connectivity index (χ2n) is 7.48. The fraction of sp³-hybridized carbons (Fsp3) is 0.684. The predicted octanol–water partition coefficient (Wildman–Crippen LogP) is 0.710. The Kier molecular flexibility index (Phi) is 6.13. The van der Waals surface area contributed by atoms with Crippen molar-refractivity contribution in [3.05, 3.63) is 11.8 Å². The number of anilines is 2. The van der Waals surface area contributed by atoms with Crippen molar-refractivity contribution in [3.63, 3.8) is 0 Å². The Morgan fingerprint density at radius 1 is 1.00 bits per heavy atom. The third kappa shape index (κ3) is 4.31. The molecule has 2 aliphatic heterocycles. The summed E-state index contributed by atoms with van der Waals surface area (Å²) in [5, 5.41) is 5.51. The smallest absolute Gasteiger partial charge is 0.227 e. The van der Waals surface area contributed by atoms with E-state index >= 15 is 0 Å². The summed E-state index contributed by atoms with van der Waals surface area (Å²) in [5.41, 5.74) is 1.01. The second-order valence-corrected chi connectivity index (χ2v) is 7.48. The second kappa shape index (κ2) is 8.54. The van der Waals surface area contributed by atoms with Gasteiger partial charge in [-0.2, -0.15) is 4.98 Å². The Hall–Kier alpha value is -2.38. The Labute approximate surface area is 160 Å². The highest BCUT2D eigenvalue weighted by molar-refractivity contribution is 5.79. The van der Waals surface area contributed by atoms with Crippen LogP contribution < -0.4 is 20.4 Å². The molecule has 2 N–H and O–H groups in total. The van der Waals surface area contributed by atoms with Crippen molar-refractivity contribution >= 4 is 23.6 Å². The molecule has 0 saturated carbocycles. The van der Waals surface area contributed by atoms with E-state index in [0.717, 1.165) is 50.2 Å². The number of aromatic nitrogens is 2. The van der Waals surface area contributed by atoms with E-state index in [1.54, 1.807) is 14.1 Å². The fourth-order valence-electron chi connectivity index (χ4n) is 4.06. The molecular weight excluding hydrogens is 344 g/mol. The minimum atomic E-state index is -0.0234. The number of rotatable bonds is 4. The molecule has 3 rings (SSSR count). The summed E-state index contributed by atoms with van der Waals surface area (Å²) in [7, 11) is 3.37. The Balaban J connectivity index is 1.78. The summed E-state index contributed by atoms with van der Waals surface area (Å²) in [6.07, 6.45) is 5.58. The molecule has 148 valence electrons. The van der Waals surface area contributed by atoms with E-state index in [1.165, 1.54) is 0 Å². The van der Waals surface area contributed by atoms with Crippen molar-refractivity contribution < 1.29 is 9.59 Å². The molecule has 1 aromatic rings. The van der Waals surface area contributed by atoms with Crippen LogP contribution in [0.3, 0.4) is 0 Å². The predicted molar refractivity (Wildman–Crippen MR) is 105 cm³/mol. The zero-order chi connectivity index (χ0) is 19.4. The molecule has 2 fully saturated rings. The van der Waals surface area contributed by atoms with Crippen LogP contribution in [-0.4, -0.2) is 62.1 Å². The largest absolute Gasteiger partial charge is 0.359 e. The number of carbonyl (C=O) groups excluding carboxylic acids is 2. The Morgan fingerprint density at radius 3 is 2.15 bits per heavy atom. The van der Waals surface area contributed by atoms with E-state index in [1.807, 2.05) is 13.1 Å². The van der Waals surface area contributed by atoms with Gasteiger partial charge in [-0.05, 0) is 32.6 Å². The highest BCUT2D eigenvalue weighted by Gasteiger charge is 2.29. The number of nitrogens with zero attached hydrogens (tertiary/aromatic N) is 4. The molecule has 0 radical (unpaired) electrons. The maximum absolute atomic E-state index is 12.1. The van der Waals surface area contributed by atoms with Crippen LogP contribution in [-0.2, 0) is 9.59 Å². The fourth-order valence-corrected chi connectivity index (χ4v) is 4.06. The number of piperidine rings is 2. The molecule has 27 heavy (non-hydrogen) atoms. The van der Waals surface area contributed by atoms with Crippen LogP contribution in [0, 0.1) is 18.8 Å². The van der Waals surface area contributed by atoms with Crippen molar-refractivity contribution in [3.8, 4) is 0 Å². The lowest BCUT2D eigenvalue weighted by Crippen LogP contribution is -2.44. The molecule has 0 aromatic carbocycles. The van der Waals surface area contributed by atoms with Crippen molar-refractivity contribution in [2.45, 2.75) is 32.6 Å². The number of nitrogens with one attached hydrogen (secondary N) is 2. The van der Waals surface area contributed by atoms with Gasteiger partial charge in [-0.1, -0.05) is 0 Å². The highest BCUT2D eigenvalue weighted by Crippen LogP contribution is 2.27. The minimum Gasteiger partial charge on any atom is -0.359 e. The van der Waals surface area contributed by atoms with Gasteiger partial charge in [0.05, 0.1) is 11.8 Å². The zero-order valence-corrected chi connectivity index (χ0v) is 16.5. The van der Waals surface area contributed by atoms with Gasteiger partial charge in [-0.25, -0.2) is 4.98 Å². The highest BCUT2D eigenvalue weighted by atomic mass is 16.2. The van der Waals surface area contributed by atoms with Gasteiger partial charge in [0.15, 0.2) is 0 Å². The molecule has 2 unspecified atom stereocenters. The summed E-state index contributed by atoms with van der Waals surface area (Å²) in [5.74, 6) is 1.72. The van der Waals surface area contributed by atoms with Gasteiger partial charge in [0.25, 0.3) is 0 Å². The van der Waals surface area contributed by atoms with Crippen LogP contribution in [0.4, 0.5) is 11.8 Å². The zero-order valence-electron chi connectivity index (χ0n) is 16.5. The molecule has 2 aliphatic rings. The summed E-state index contributed by atoms with van der Waals surface area (Å²) in [6.45, 7) is 5.08. The van der Waals surface area contributed by atoms with E-state index in [4.69, 9.17) is 4.98 Å². The van der Waals surface area contributed by atoms with Gasteiger partial charge < -0.3 is 20.4 Å². The van der Waals surface area contributed by atoms with Crippen LogP contribution in [0.1, 0.15) is 31.2 Å². The van der Waals surface area contributed by atoms with Crippen LogP contribution in [0.25, 0.3) is 0 Å². The van der Waals surface area contributed by atoms with Gasteiger partial charge in [0.1, 0.15) is 5.82 Å². The van der Waals surface area contributed by atoms with Gasteiger partial charge in [-0.15, -0.1) is 0 Å². The molecule has 2 amide bonds. The molecular formula is C19H30N6O2. The number of amides is 2. The maximum Gasteiger partial charge on any atom is 0.227 e. The molecule has 3 heterocycles. The first-order valence-electron chi connectivity index (χ1n) is 9.80. The number of hydrogen-bond acceptors (Lipinski definition) is 6. The Morgan fingerprint density at radius 2 is 1.56 bits per heavy atom. The van der Waals surface area contributed by atoms with Gasteiger partial charge in [0.2, 0.25) is 17.8 Å². The SMILES string of the molecule is CNC(=O)C1CCCN(c2ncc(C)c(N3CCCC(C(=O)NC)C3)n2)C1. The first-order valence-corrected chi connectivity index (χ1v) is 9.80. The van der Waals surface area contributed by atoms with Crippen LogP contribution >= 0.6 is 0 Å². The molecule has 1 aromatic heterocycles. The van der Waals surface area contributed by atoms with Crippen LogP contribution in [0.2, 0.25) is 0 Å². The van der Waals surface area contributed by atoms with Crippen LogP contribution in [0.5, 0.6) is 0 Å². The van der Waals surface area contributed by atoms with E-state index in [2.05, 4.69) is 25.4 Å².